The molecule has 0 saturated carbocycles. The van der Waals surface area contributed by atoms with Gasteiger partial charge in [0, 0.05) is 26.2 Å². The smallest absolute Gasteiger partial charge is 0.289 e. The lowest BCUT2D eigenvalue weighted by Gasteiger charge is -2.32. The second-order valence-corrected chi connectivity index (χ2v) is 5.99. The van der Waals surface area contributed by atoms with Gasteiger partial charge in [-0.05, 0) is 48.0 Å². The lowest BCUT2D eigenvalue weighted by molar-refractivity contribution is -0.132. The summed E-state index contributed by atoms with van der Waals surface area (Å²) >= 11 is 3.16. The zero-order valence-corrected chi connectivity index (χ0v) is 13.9. The maximum Gasteiger partial charge on any atom is 0.289 e. The molecule has 0 unspecified atom stereocenters. The molecule has 1 aromatic rings. The first-order chi connectivity index (χ1) is 10.0. The molecule has 6 nitrogen and oxygen atoms in total. The average molecular weight is 358 g/mol. The lowest BCUT2D eigenvalue weighted by atomic mass is 10.1. The van der Waals surface area contributed by atoms with Gasteiger partial charge in [0.2, 0.25) is 5.91 Å². The molecule has 2 amide bonds. The molecule has 1 aromatic heterocycles. The lowest BCUT2D eigenvalue weighted by Crippen LogP contribution is -2.47. The second-order valence-electron chi connectivity index (χ2n) is 5.21. The van der Waals surface area contributed by atoms with E-state index in [0.29, 0.717) is 10.7 Å². The third kappa shape index (κ3) is 4.07. The second kappa shape index (κ2) is 7.09. The van der Waals surface area contributed by atoms with Crippen LogP contribution in [0.4, 0.5) is 0 Å². The van der Waals surface area contributed by atoms with Crippen LogP contribution in [-0.4, -0.2) is 61.4 Å². The van der Waals surface area contributed by atoms with Crippen molar-refractivity contribution in [2.75, 3.05) is 33.7 Å². The predicted octanol–water partition coefficient (Wildman–Crippen LogP) is 1.32. The summed E-state index contributed by atoms with van der Waals surface area (Å²) in [6.45, 7) is 1.54. The van der Waals surface area contributed by atoms with Gasteiger partial charge >= 0.3 is 0 Å². The third-order valence-electron chi connectivity index (χ3n) is 3.76. The summed E-state index contributed by atoms with van der Waals surface area (Å²) in [5.74, 6) is -0.0868. The maximum atomic E-state index is 12.2. The van der Waals surface area contributed by atoms with Crippen molar-refractivity contribution < 1.29 is 14.0 Å². The normalized spacial score (nSPS) is 16.0. The Hall–Kier alpha value is -1.34. The van der Waals surface area contributed by atoms with E-state index in [4.69, 9.17) is 4.42 Å². The first-order valence-electron chi connectivity index (χ1n) is 6.97. The number of hydrogen-bond acceptors (Lipinski definition) is 4. The van der Waals surface area contributed by atoms with E-state index in [-0.39, 0.29) is 24.1 Å². The topological polar surface area (TPSA) is 65.8 Å². The van der Waals surface area contributed by atoms with Crippen LogP contribution >= 0.6 is 15.9 Å². The summed E-state index contributed by atoms with van der Waals surface area (Å²) in [5.41, 5.74) is 0. The van der Waals surface area contributed by atoms with Crippen molar-refractivity contribution in [3.8, 4) is 0 Å². The monoisotopic (exact) mass is 357 g/mol. The van der Waals surface area contributed by atoms with Gasteiger partial charge in [-0.25, -0.2) is 0 Å². The standard InChI is InChI=1S/C14H20BrN3O3/c1-16-10-5-7-18(8-6-10)13(19)9-17(2)14(20)11-3-4-12(15)21-11/h3-4,10,16H,5-9H2,1-2H3. The first kappa shape index (κ1) is 16.0. The molecule has 116 valence electrons. The van der Waals surface area contributed by atoms with Crippen molar-refractivity contribution in [3.63, 3.8) is 0 Å². The Kier molecular flexibility index (Phi) is 5.41. The fraction of sp³-hybridized carbons (Fsp3) is 0.571. The largest absolute Gasteiger partial charge is 0.444 e. The highest BCUT2D eigenvalue weighted by molar-refractivity contribution is 9.10. The molecule has 7 heteroatoms. The van der Waals surface area contributed by atoms with Crippen molar-refractivity contribution >= 4 is 27.7 Å². The van der Waals surface area contributed by atoms with E-state index in [1.807, 2.05) is 11.9 Å². The number of likely N-dealkylation sites (N-methyl/N-ethyl adjacent to an activating group) is 1. The Bertz CT molecular complexity index is 509. The van der Waals surface area contributed by atoms with E-state index in [2.05, 4.69) is 21.2 Å². The zero-order valence-electron chi connectivity index (χ0n) is 12.3. The van der Waals surface area contributed by atoms with Crippen LogP contribution in [0.15, 0.2) is 21.2 Å². The Balaban J connectivity index is 1.86. The molecule has 2 rings (SSSR count). The van der Waals surface area contributed by atoms with E-state index < -0.39 is 0 Å². The number of nitrogens with zero attached hydrogens (tertiary/aromatic N) is 2. The van der Waals surface area contributed by atoms with Crippen LogP contribution in [0.1, 0.15) is 23.4 Å². The minimum atomic E-state index is -0.292. The van der Waals surface area contributed by atoms with E-state index >= 15 is 0 Å². The summed E-state index contributed by atoms with van der Waals surface area (Å²) in [7, 11) is 3.55. The molecule has 1 saturated heterocycles. The Morgan fingerprint density at radius 2 is 2.10 bits per heavy atom. The van der Waals surface area contributed by atoms with Crippen molar-refractivity contribution in [2.24, 2.45) is 0 Å². The number of carbonyl (C=O) groups is 2. The molecular formula is C14H20BrN3O3. The number of rotatable bonds is 4. The SMILES string of the molecule is CNC1CCN(C(=O)CN(C)C(=O)c2ccc(Br)o2)CC1. The molecule has 1 aliphatic heterocycles. The summed E-state index contributed by atoms with van der Waals surface area (Å²) in [4.78, 5) is 27.5. The number of halogens is 1. The highest BCUT2D eigenvalue weighted by atomic mass is 79.9. The van der Waals surface area contributed by atoms with E-state index in [0.717, 1.165) is 25.9 Å². The third-order valence-corrected chi connectivity index (χ3v) is 4.19. The Morgan fingerprint density at radius 3 is 2.62 bits per heavy atom. The van der Waals surface area contributed by atoms with Gasteiger partial charge in [0.05, 0.1) is 6.54 Å². The van der Waals surface area contributed by atoms with Crippen LogP contribution in [0, 0.1) is 0 Å². The van der Waals surface area contributed by atoms with E-state index in [1.54, 1.807) is 19.2 Å². The molecule has 0 radical (unpaired) electrons. The summed E-state index contributed by atoms with van der Waals surface area (Å²) < 4.78 is 5.71. The fourth-order valence-electron chi connectivity index (χ4n) is 2.41. The quantitative estimate of drug-likeness (QED) is 0.882. The maximum absolute atomic E-state index is 12.2. The number of hydrogen-bond donors (Lipinski definition) is 1. The zero-order chi connectivity index (χ0) is 15.4. The van der Waals surface area contributed by atoms with Gasteiger partial charge in [0.15, 0.2) is 10.4 Å². The minimum Gasteiger partial charge on any atom is -0.444 e. The van der Waals surface area contributed by atoms with Crippen LogP contribution in [0.25, 0.3) is 0 Å². The molecular weight excluding hydrogens is 338 g/mol. The van der Waals surface area contributed by atoms with Crippen LogP contribution in [-0.2, 0) is 4.79 Å². The molecule has 0 aromatic carbocycles. The molecule has 21 heavy (non-hydrogen) atoms. The van der Waals surface area contributed by atoms with Crippen molar-refractivity contribution in [1.82, 2.24) is 15.1 Å². The highest BCUT2D eigenvalue weighted by Gasteiger charge is 2.24. The van der Waals surface area contributed by atoms with Gasteiger partial charge in [0.25, 0.3) is 5.91 Å². The summed E-state index contributed by atoms with van der Waals surface area (Å²) in [6.07, 6.45) is 1.90. The Labute approximate surface area is 132 Å². The van der Waals surface area contributed by atoms with Crippen molar-refractivity contribution in [3.05, 3.63) is 22.6 Å². The van der Waals surface area contributed by atoms with Crippen LogP contribution < -0.4 is 5.32 Å². The van der Waals surface area contributed by atoms with Gasteiger partial charge in [-0.3, -0.25) is 9.59 Å². The number of piperidine rings is 1. The van der Waals surface area contributed by atoms with Gasteiger partial charge < -0.3 is 19.5 Å². The van der Waals surface area contributed by atoms with Gasteiger partial charge in [-0.1, -0.05) is 0 Å². The number of amides is 2. The van der Waals surface area contributed by atoms with Gasteiger partial charge in [-0.2, -0.15) is 0 Å². The van der Waals surface area contributed by atoms with E-state index in [1.165, 1.54) is 4.90 Å². The number of carbonyl (C=O) groups excluding carboxylic acids is 2. The van der Waals surface area contributed by atoms with E-state index in [9.17, 15) is 9.59 Å². The van der Waals surface area contributed by atoms with Crippen LogP contribution in [0.2, 0.25) is 0 Å². The molecule has 1 N–H and O–H groups in total. The fourth-order valence-corrected chi connectivity index (χ4v) is 2.72. The number of likely N-dealkylation sites (tertiary alicyclic amines) is 1. The molecule has 1 aliphatic rings. The van der Waals surface area contributed by atoms with Crippen LogP contribution in [0.3, 0.4) is 0 Å². The van der Waals surface area contributed by atoms with Crippen LogP contribution in [0.5, 0.6) is 0 Å². The summed E-state index contributed by atoms with van der Waals surface area (Å²) in [5, 5.41) is 3.23. The molecule has 0 aliphatic carbocycles. The summed E-state index contributed by atoms with van der Waals surface area (Å²) in [6, 6.07) is 3.73. The minimum absolute atomic E-state index is 0.0222. The number of nitrogens with one attached hydrogen (secondary N) is 1. The van der Waals surface area contributed by atoms with Gasteiger partial charge in [0.1, 0.15) is 0 Å². The van der Waals surface area contributed by atoms with Gasteiger partial charge in [-0.15, -0.1) is 0 Å². The molecule has 1 fully saturated rings. The molecule has 0 spiro atoms. The number of furan rings is 1. The molecule has 0 atom stereocenters. The molecule has 2 heterocycles. The molecule has 0 bridgehead atoms. The average Bonchev–Trinajstić information content (AvgIpc) is 2.93. The first-order valence-corrected chi connectivity index (χ1v) is 7.76. The van der Waals surface area contributed by atoms with Crippen molar-refractivity contribution in [1.29, 1.82) is 0 Å². The highest BCUT2D eigenvalue weighted by Crippen LogP contribution is 2.16. The van der Waals surface area contributed by atoms with Crippen molar-refractivity contribution in [2.45, 2.75) is 18.9 Å². The Morgan fingerprint density at radius 1 is 1.43 bits per heavy atom. The predicted molar refractivity (Wildman–Crippen MR) is 82.0 cm³/mol.